The van der Waals surface area contributed by atoms with Gasteiger partial charge in [0, 0.05) is 6.04 Å². The maximum absolute atomic E-state index is 2.61. The molecule has 0 bridgehead atoms. The fraction of sp³-hybridized carbons (Fsp3) is 1.00. The van der Waals surface area contributed by atoms with Crippen molar-refractivity contribution in [2.45, 2.75) is 45.6 Å². The molecule has 0 aromatic rings. The van der Waals surface area contributed by atoms with Crippen molar-refractivity contribution in [3.05, 3.63) is 0 Å². The summed E-state index contributed by atoms with van der Waals surface area (Å²) in [4.78, 5) is 2.61. The maximum Gasteiger partial charge on any atom is 0.00669 e. The Morgan fingerprint density at radius 2 is 2.20 bits per heavy atom. The number of likely N-dealkylation sites (tertiary alicyclic amines) is 1. The minimum Gasteiger partial charge on any atom is -0.301 e. The predicted octanol–water partition coefficient (Wildman–Crippen LogP) is 2.27. The quantitative estimate of drug-likeness (QED) is 0.570. The van der Waals surface area contributed by atoms with Gasteiger partial charge in [-0.05, 0) is 39.3 Å². The SMILES string of the molecule is CCCN1CCCCC1C. The molecule has 1 nitrogen and oxygen atoms in total. The lowest BCUT2D eigenvalue weighted by Gasteiger charge is -2.32. The van der Waals surface area contributed by atoms with E-state index in [1.165, 1.54) is 38.8 Å². The predicted molar refractivity (Wildman–Crippen MR) is 45.2 cm³/mol. The largest absolute Gasteiger partial charge is 0.301 e. The molecule has 0 aliphatic carbocycles. The summed E-state index contributed by atoms with van der Waals surface area (Å²) >= 11 is 0. The first-order valence-corrected chi connectivity index (χ1v) is 4.58. The molecular weight excluding hydrogens is 122 g/mol. The van der Waals surface area contributed by atoms with Crippen molar-refractivity contribution in [1.29, 1.82) is 0 Å². The van der Waals surface area contributed by atoms with Crippen LogP contribution in [0.25, 0.3) is 0 Å². The molecule has 0 aromatic heterocycles. The first-order valence-electron chi connectivity index (χ1n) is 4.58. The summed E-state index contributed by atoms with van der Waals surface area (Å²) in [5.74, 6) is 0. The molecular formula is C9H19N. The third kappa shape index (κ3) is 1.98. The van der Waals surface area contributed by atoms with E-state index in [2.05, 4.69) is 18.7 Å². The van der Waals surface area contributed by atoms with Crippen molar-refractivity contribution >= 4 is 0 Å². The molecule has 0 spiro atoms. The Balaban J connectivity index is 2.25. The van der Waals surface area contributed by atoms with E-state index in [4.69, 9.17) is 0 Å². The Bertz CT molecular complexity index is 88.7. The van der Waals surface area contributed by atoms with E-state index in [0.29, 0.717) is 0 Å². The molecule has 1 fully saturated rings. The Kier molecular flexibility index (Phi) is 3.20. The lowest BCUT2D eigenvalue weighted by atomic mass is 10.0. The zero-order valence-electron chi connectivity index (χ0n) is 7.27. The van der Waals surface area contributed by atoms with E-state index in [0.717, 1.165) is 6.04 Å². The van der Waals surface area contributed by atoms with Crippen LogP contribution in [0.1, 0.15) is 39.5 Å². The lowest BCUT2D eigenvalue weighted by molar-refractivity contribution is 0.161. The van der Waals surface area contributed by atoms with E-state index in [1.54, 1.807) is 0 Å². The van der Waals surface area contributed by atoms with Crippen LogP contribution >= 0.6 is 0 Å². The van der Waals surface area contributed by atoms with Crippen molar-refractivity contribution in [2.75, 3.05) is 13.1 Å². The summed E-state index contributed by atoms with van der Waals surface area (Å²) in [6, 6.07) is 0.855. The minimum atomic E-state index is 0.855. The van der Waals surface area contributed by atoms with Gasteiger partial charge in [-0.2, -0.15) is 0 Å². The maximum atomic E-state index is 2.61. The van der Waals surface area contributed by atoms with Crippen LogP contribution in [0.4, 0.5) is 0 Å². The van der Waals surface area contributed by atoms with E-state index in [-0.39, 0.29) is 0 Å². The van der Waals surface area contributed by atoms with E-state index >= 15 is 0 Å². The third-order valence-corrected chi connectivity index (χ3v) is 2.45. The summed E-state index contributed by atoms with van der Waals surface area (Å²) in [5.41, 5.74) is 0. The van der Waals surface area contributed by atoms with Crippen LogP contribution in [0.3, 0.4) is 0 Å². The second-order valence-corrected chi connectivity index (χ2v) is 3.38. The van der Waals surface area contributed by atoms with Gasteiger partial charge in [0.25, 0.3) is 0 Å². The van der Waals surface area contributed by atoms with Crippen LogP contribution < -0.4 is 0 Å². The normalized spacial score (nSPS) is 28.8. The highest BCUT2D eigenvalue weighted by Gasteiger charge is 2.15. The van der Waals surface area contributed by atoms with E-state index < -0.39 is 0 Å². The molecule has 1 aliphatic rings. The minimum absolute atomic E-state index is 0.855. The number of nitrogens with zero attached hydrogens (tertiary/aromatic N) is 1. The van der Waals surface area contributed by atoms with Gasteiger partial charge in [0.2, 0.25) is 0 Å². The Morgan fingerprint density at radius 1 is 1.40 bits per heavy atom. The summed E-state index contributed by atoms with van der Waals surface area (Å²) in [6.07, 6.45) is 5.59. The fourth-order valence-electron chi connectivity index (χ4n) is 1.78. The molecule has 1 heteroatoms. The topological polar surface area (TPSA) is 3.24 Å². The molecule has 1 atom stereocenters. The van der Waals surface area contributed by atoms with Gasteiger partial charge in [0.05, 0.1) is 0 Å². The molecule has 60 valence electrons. The second kappa shape index (κ2) is 3.97. The van der Waals surface area contributed by atoms with Crippen molar-refractivity contribution < 1.29 is 0 Å². The first-order chi connectivity index (χ1) is 4.84. The van der Waals surface area contributed by atoms with E-state index in [9.17, 15) is 0 Å². The molecule has 1 heterocycles. The van der Waals surface area contributed by atoms with Gasteiger partial charge in [-0.3, -0.25) is 0 Å². The van der Waals surface area contributed by atoms with E-state index in [1.807, 2.05) is 0 Å². The molecule has 0 aromatic carbocycles. The molecule has 0 saturated carbocycles. The van der Waals surface area contributed by atoms with Gasteiger partial charge < -0.3 is 4.90 Å². The lowest BCUT2D eigenvalue weighted by Crippen LogP contribution is -2.37. The highest BCUT2D eigenvalue weighted by molar-refractivity contribution is 4.71. The van der Waals surface area contributed by atoms with Gasteiger partial charge in [-0.15, -0.1) is 0 Å². The average molecular weight is 141 g/mol. The summed E-state index contributed by atoms with van der Waals surface area (Å²) in [5, 5.41) is 0. The molecule has 0 amide bonds. The van der Waals surface area contributed by atoms with Crippen LogP contribution in [0.2, 0.25) is 0 Å². The molecule has 0 N–H and O–H groups in total. The van der Waals surface area contributed by atoms with Crippen molar-refractivity contribution in [3.63, 3.8) is 0 Å². The second-order valence-electron chi connectivity index (χ2n) is 3.38. The Labute approximate surface area is 64.4 Å². The summed E-state index contributed by atoms with van der Waals surface area (Å²) in [7, 11) is 0. The van der Waals surface area contributed by atoms with Crippen LogP contribution in [0.5, 0.6) is 0 Å². The number of rotatable bonds is 2. The Morgan fingerprint density at radius 3 is 2.80 bits per heavy atom. The molecule has 1 rings (SSSR count). The summed E-state index contributed by atoms with van der Waals surface area (Å²) < 4.78 is 0. The Hall–Kier alpha value is -0.0400. The molecule has 0 radical (unpaired) electrons. The van der Waals surface area contributed by atoms with Gasteiger partial charge in [-0.25, -0.2) is 0 Å². The zero-order chi connectivity index (χ0) is 7.40. The van der Waals surface area contributed by atoms with Crippen LogP contribution in [0, 0.1) is 0 Å². The highest BCUT2D eigenvalue weighted by Crippen LogP contribution is 2.15. The van der Waals surface area contributed by atoms with Crippen molar-refractivity contribution in [2.24, 2.45) is 0 Å². The van der Waals surface area contributed by atoms with Crippen molar-refractivity contribution in [1.82, 2.24) is 4.90 Å². The van der Waals surface area contributed by atoms with Crippen molar-refractivity contribution in [3.8, 4) is 0 Å². The van der Waals surface area contributed by atoms with Crippen LogP contribution in [0.15, 0.2) is 0 Å². The van der Waals surface area contributed by atoms with Crippen LogP contribution in [-0.2, 0) is 0 Å². The van der Waals surface area contributed by atoms with Gasteiger partial charge in [-0.1, -0.05) is 13.3 Å². The zero-order valence-corrected chi connectivity index (χ0v) is 7.27. The van der Waals surface area contributed by atoms with Gasteiger partial charge >= 0.3 is 0 Å². The number of piperidine rings is 1. The number of hydrogen-bond donors (Lipinski definition) is 0. The number of hydrogen-bond acceptors (Lipinski definition) is 1. The first kappa shape index (κ1) is 8.06. The highest BCUT2D eigenvalue weighted by atomic mass is 15.1. The van der Waals surface area contributed by atoms with Gasteiger partial charge in [0.1, 0.15) is 0 Å². The summed E-state index contributed by atoms with van der Waals surface area (Å²) in [6.45, 7) is 7.27. The smallest absolute Gasteiger partial charge is 0.00669 e. The molecule has 10 heavy (non-hydrogen) atoms. The third-order valence-electron chi connectivity index (χ3n) is 2.45. The molecule has 1 saturated heterocycles. The van der Waals surface area contributed by atoms with Gasteiger partial charge in [0.15, 0.2) is 0 Å². The molecule has 1 unspecified atom stereocenters. The molecule has 1 aliphatic heterocycles. The standard InChI is InChI=1S/C9H19N/c1-3-7-10-8-5-4-6-9(10)2/h9H,3-8H2,1-2H3. The fourth-order valence-corrected chi connectivity index (χ4v) is 1.78. The monoisotopic (exact) mass is 141 g/mol. The average Bonchev–Trinajstić information content (AvgIpc) is 1.94. The van der Waals surface area contributed by atoms with Crippen LogP contribution in [-0.4, -0.2) is 24.0 Å².